The van der Waals surface area contributed by atoms with Gasteiger partial charge in [-0.15, -0.1) is 0 Å². The van der Waals surface area contributed by atoms with Crippen LogP contribution in [0.15, 0.2) is 0 Å². The summed E-state index contributed by atoms with van der Waals surface area (Å²) >= 11 is 0. The first-order chi connectivity index (χ1) is 5.75. The summed E-state index contributed by atoms with van der Waals surface area (Å²) in [7, 11) is 0. The summed E-state index contributed by atoms with van der Waals surface area (Å²) in [6.07, 6.45) is 0. The lowest BCUT2D eigenvalue weighted by Gasteiger charge is -2.31. The largest absolute Gasteiger partial charge is 0.368 e. The van der Waals surface area contributed by atoms with Crippen molar-refractivity contribution < 1.29 is 4.79 Å². The number of nitrogens with two attached hydrogens (primary N) is 1. The molecule has 1 fully saturated rings. The molecular formula is C7H12N4O. The van der Waals surface area contributed by atoms with Crippen molar-refractivity contribution in [2.45, 2.75) is 6.04 Å². The molecule has 66 valence electrons. The Balaban J connectivity index is 2.55. The number of piperazine rings is 1. The highest BCUT2D eigenvalue weighted by Gasteiger charge is 2.25. The monoisotopic (exact) mass is 168 g/mol. The smallest absolute Gasteiger partial charge is 0.236 e. The fraction of sp³-hybridized carbons (Fsp3) is 0.714. The van der Waals surface area contributed by atoms with E-state index in [1.54, 1.807) is 4.90 Å². The van der Waals surface area contributed by atoms with E-state index >= 15 is 0 Å². The van der Waals surface area contributed by atoms with Gasteiger partial charge in [-0.25, -0.2) is 0 Å². The number of carbonyl (C=O) groups is 1. The molecule has 3 N–H and O–H groups in total. The highest BCUT2D eigenvalue weighted by Crippen LogP contribution is 2.00. The van der Waals surface area contributed by atoms with E-state index in [9.17, 15) is 4.79 Å². The summed E-state index contributed by atoms with van der Waals surface area (Å²) in [5.41, 5.74) is 5.16. The maximum atomic E-state index is 10.9. The van der Waals surface area contributed by atoms with E-state index in [1.807, 2.05) is 6.07 Å². The van der Waals surface area contributed by atoms with Crippen LogP contribution in [0.2, 0.25) is 0 Å². The summed E-state index contributed by atoms with van der Waals surface area (Å²) in [4.78, 5) is 12.7. The van der Waals surface area contributed by atoms with Gasteiger partial charge in [0.2, 0.25) is 5.91 Å². The molecule has 1 unspecified atom stereocenters. The first-order valence-electron chi connectivity index (χ1n) is 3.86. The first kappa shape index (κ1) is 8.97. The molecular weight excluding hydrogens is 156 g/mol. The molecule has 0 aromatic heterocycles. The minimum Gasteiger partial charge on any atom is -0.368 e. The average Bonchev–Trinajstić information content (AvgIpc) is 2.05. The zero-order chi connectivity index (χ0) is 8.97. The molecule has 0 saturated carbocycles. The molecule has 5 heteroatoms. The standard InChI is InChI=1S/C7H12N4O/c8-1-3-11-4-2-10-5-6(11)7(9)12/h6,10H,2-5H2,(H2,9,12). The van der Waals surface area contributed by atoms with Crippen molar-refractivity contribution in [1.82, 2.24) is 10.2 Å². The quantitative estimate of drug-likeness (QED) is 0.480. The van der Waals surface area contributed by atoms with E-state index in [0.717, 1.165) is 6.54 Å². The average molecular weight is 168 g/mol. The number of hydrogen-bond donors (Lipinski definition) is 2. The summed E-state index contributed by atoms with van der Waals surface area (Å²) in [6.45, 7) is 2.35. The Morgan fingerprint density at radius 2 is 2.58 bits per heavy atom. The van der Waals surface area contributed by atoms with Gasteiger partial charge in [-0.05, 0) is 0 Å². The Morgan fingerprint density at radius 1 is 1.83 bits per heavy atom. The Labute approximate surface area is 71.1 Å². The topological polar surface area (TPSA) is 82.2 Å². The molecule has 0 aromatic rings. The Morgan fingerprint density at radius 3 is 3.17 bits per heavy atom. The van der Waals surface area contributed by atoms with Crippen LogP contribution in [0.5, 0.6) is 0 Å². The maximum Gasteiger partial charge on any atom is 0.236 e. The molecule has 1 rings (SSSR count). The third kappa shape index (κ3) is 1.94. The van der Waals surface area contributed by atoms with Crippen molar-refractivity contribution in [3.63, 3.8) is 0 Å². The predicted molar refractivity (Wildman–Crippen MR) is 43.0 cm³/mol. The predicted octanol–water partition coefficient (Wildman–Crippen LogP) is -1.73. The first-order valence-corrected chi connectivity index (χ1v) is 3.86. The summed E-state index contributed by atoms with van der Waals surface area (Å²) in [6, 6.07) is 1.69. The van der Waals surface area contributed by atoms with Gasteiger partial charge >= 0.3 is 0 Å². The molecule has 0 aliphatic carbocycles. The second kappa shape index (κ2) is 4.04. The third-order valence-corrected chi connectivity index (χ3v) is 1.96. The molecule has 5 nitrogen and oxygen atoms in total. The van der Waals surface area contributed by atoms with Gasteiger partial charge < -0.3 is 11.1 Å². The van der Waals surface area contributed by atoms with Crippen LogP contribution < -0.4 is 11.1 Å². The molecule has 1 heterocycles. The van der Waals surface area contributed by atoms with Crippen LogP contribution in [0, 0.1) is 11.3 Å². The molecule has 0 spiro atoms. The zero-order valence-electron chi connectivity index (χ0n) is 6.79. The van der Waals surface area contributed by atoms with Crippen molar-refractivity contribution in [2.24, 2.45) is 5.73 Å². The highest BCUT2D eigenvalue weighted by molar-refractivity contribution is 5.80. The van der Waals surface area contributed by atoms with Crippen LogP contribution in [-0.4, -0.2) is 43.0 Å². The van der Waals surface area contributed by atoms with Crippen molar-refractivity contribution in [3.8, 4) is 6.07 Å². The van der Waals surface area contributed by atoms with Gasteiger partial charge in [0.25, 0.3) is 0 Å². The number of nitrogens with one attached hydrogen (secondary N) is 1. The van der Waals surface area contributed by atoms with Gasteiger partial charge in [0.05, 0.1) is 12.6 Å². The number of rotatable bonds is 2. The molecule has 0 aromatic carbocycles. The Kier molecular flexibility index (Phi) is 3.02. The summed E-state index contributed by atoms with van der Waals surface area (Å²) in [5, 5.41) is 11.5. The minimum atomic E-state index is -0.363. The van der Waals surface area contributed by atoms with Gasteiger partial charge in [-0.3, -0.25) is 9.69 Å². The molecule has 1 aliphatic rings. The number of amides is 1. The van der Waals surface area contributed by atoms with Crippen LogP contribution in [0.1, 0.15) is 0 Å². The van der Waals surface area contributed by atoms with Crippen molar-refractivity contribution in [1.29, 1.82) is 5.26 Å². The number of hydrogen-bond acceptors (Lipinski definition) is 4. The van der Waals surface area contributed by atoms with Crippen molar-refractivity contribution in [3.05, 3.63) is 0 Å². The minimum absolute atomic E-state index is 0.273. The van der Waals surface area contributed by atoms with Crippen LogP contribution in [0.25, 0.3) is 0 Å². The molecule has 1 atom stereocenters. The van der Waals surface area contributed by atoms with Crippen LogP contribution >= 0.6 is 0 Å². The van der Waals surface area contributed by atoms with Gasteiger partial charge in [-0.2, -0.15) is 5.26 Å². The molecule has 0 bridgehead atoms. The molecule has 1 aliphatic heterocycles. The lowest BCUT2D eigenvalue weighted by molar-refractivity contribution is -0.123. The number of carbonyl (C=O) groups excluding carboxylic acids is 1. The fourth-order valence-electron chi connectivity index (χ4n) is 1.31. The number of nitriles is 1. The second-order valence-corrected chi connectivity index (χ2v) is 2.75. The SMILES string of the molecule is N#CCN1CCNCC1C(N)=O. The zero-order valence-corrected chi connectivity index (χ0v) is 6.79. The van der Waals surface area contributed by atoms with Gasteiger partial charge in [0, 0.05) is 19.6 Å². The Bertz CT molecular complexity index is 210. The van der Waals surface area contributed by atoms with E-state index in [4.69, 9.17) is 11.0 Å². The van der Waals surface area contributed by atoms with Crippen LogP contribution in [0.3, 0.4) is 0 Å². The van der Waals surface area contributed by atoms with E-state index in [0.29, 0.717) is 13.1 Å². The Hall–Kier alpha value is -1.12. The lowest BCUT2D eigenvalue weighted by atomic mass is 10.2. The van der Waals surface area contributed by atoms with E-state index in [1.165, 1.54) is 0 Å². The third-order valence-electron chi connectivity index (χ3n) is 1.96. The summed E-state index contributed by atoms with van der Waals surface area (Å²) < 4.78 is 0. The fourth-order valence-corrected chi connectivity index (χ4v) is 1.31. The van der Waals surface area contributed by atoms with Gasteiger partial charge in [-0.1, -0.05) is 0 Å². The molecule has 12 heavy (non-hydrogen) atoms. The van der Waals surface area contributed by atoms with Gasteiger partial charge in [0.1, 0.15) is 6.04 Å². The summed E-state index contributed by atoms with van der Waals surface area (Å²) in [5.74, 6) is -0.363. The molecule has 0 radical (unpaired) electrons. The molecule has 1 amide bonds. The van der Waals surface area contributed by atoms with Crippen LogP contribution in [-0.2, 0) is 4.79 Å². The van der Waals surface area contributed by atoms with E-state index < -0.39 is 0 Å². The van der Waals surface area contributed by atoms with E-state index in [-0.39, 0.29) is 18.5 Å². The van der Waals surface area contributed by atoms with E-state index in [2.05, 4.69) is 5.32 Å². The van der Waals surface area contributed by atoms with Gasteiger partial charge in [0.15, 0.2) is 0 Å². The molecule has 1 saturated heterocycles. The van der Waals surface area contributed by atoms with Crippen molar-refractivity contribution >= 4 is 5.91 Å². The van der Waals surface area contributed by atoms with Crippen molar-refractivity contribution in [2.75, 3.05) is 26.2 Å². The number of primary amides is 1. The lowest BCUT2D eigenvalue weighted by Crippen LogP contribution is -2.56. The number of nitrogens with zero attached hydrogens (tertiary/aromatic N) is 2. The highest BCUT2D eigenvalue weighted by atomic mass is 16.1. The maximum absolute atomic E-state index is 10.9. The van der Waals surface area contributed by atoms with Crippen LogP contribution in [0.4, 0.5) is 0 Å². The normalized spacial score (nSPS) is 24.8. The second-order valence-electron chi connectivity index (χ2n) is 2.75.